The Morgan fingerprint density at radius 2 is 2.14 bits per heavy atom. The Morgan fingerprint density at radius 1 is 1.50 bits per heavy atom. The molecule has 4 heteroatoms. The molecule has 0 saturated heterocycles. The fraction of sp³-hybridized carbons (Fsp3) is 0.700. The summed E-state index contributed by atoms with van der Waals surface area (Å²) in [6.07, 6.45) is 3.16. The highest BCUT2D eigenvalue weighted by Gasteiger charge is 2.08. The molecule has 0 saturated carbocycles. The molecule has 1 atom stereocenters. The fourth-order valence-corrected chi connectivity index (χ4v) is 2.02. The minimum absolute atomic E-state index is 0.571. The Bertz CT molecular complexity index is 274. The predicted molar refractivity (Wildman–Crippen MR) is 63.0 cm³/mol. The highest BCUT2D eigenvalue weighted by atomic mass is 79.9. The molecule has 1 aromatic rings. The van der Waals surface area contributed by atoms with E-state index >= 15 is 0 Å². The lowest BCUT2D eigenvalue weighted by Gasteiger charge is -2.13. The molecule has 0 radical (unpaired) electrons. The van der Waals surface area contributed by atoms with Gasteiger partial charge in [0.05, 0.1) is 4.47 Å². The third-order valence-corrected chi connectivity index (χ3v) is 2.73. The maximum atomic E-state index is 5.64. The molecule has 0 aliphatic rings. The van der Waals surface area contributed by atoms with Crippen LogP contribution >= 0.6 is 15.9 Å². The zero-order valence-electron chi connectivity index (χ0n) is 9.00. The van der Waals surface area contributed by atoms with Gasteiger partial charge in [-0.3, -0.25) is 4.68 Å². The van der Waals surface area contributed by atoms with Gasteiger partial charge in [-0.25, -0.2) is 0 Å². The van der Waals surface area contributed by atoms with E-state index in [0.29, 0.717) is 11.7 Å². The molecule has 0 bridgehead atoms. The van der Waals surface area contributed by atoms with E-state index in [9.17, 15) is 0 Å². The molecule has 1 heterocycles. The third kappa shape index (κ3) is 3.33. The molecule has 0 aliphatic carbocycles. The highest BCUT2D eigenvalue weighted by Crippen LogP contribution is 2.18. The monoisotopic (exact) mass is 259 g/mol. The first kappa shape index (κ1) is 11.6. The van der Waals surface area contributed by atoms with E-state index in [4.69, 9.17) is 5.73 Å². The van der Waals surface area contributed by atoms with Gasteiger partial charge in [0.25, 0.3) is 0 Å². The van der Waals surface area contributed by atoms with Crippen molar-refractivity contribution in [2.24, 2.45) is 11.8 Å². The van der Waals surface area contributed by atoms with Gasteiger partial charge < -0.3 is 5.73 Å². The first-order valence-electron chi connectivity index (χ1n) is 4.97. The Kier molecular flexibility index (Phi) is 3.98. The summed E-state index contributed by atoms with van der Waals surface area (Å²) in [5.41, 5.74) is 5.64. The summed E-state index contributed by atoms with van der Waals surface area (Å²) in [4.78, 5) is 0. The number of nitrogen functional groups attached to an aromatic ring is 1. The van der Waals surface area contributed by atoms with Crippen LogP contribution < -0.4 is 5.73 Å². The number of anilines is 1. The lowest BCUT2D eigenvalue weighted by molar-refractivity contribution is 0.374. The van der Waals surface area contributed by atoms with Gasteiger partial charge in [-0.05, 0) is 34.2 Å². The normalized spacial score (nSPS) is 13.5. The molecule has 0 aromatic carbocycles. The predicted octanol–water partition coefficient (Wildman–Crippen LogP) is 2.91. The highest BCUT2D eigenvalue weighted by molar-refractivity contribution is 9.10. The molecular weight excluding hydrogens is 242 g/mol. The van der Waals surface area contributed by atoms with Gasteiger partial charge in [0, 0.05) is 12.7 Å². The van der Waals surface area contributed by atoms with Crippen LogP contribution in [0, 0.1) is 11.8 Å². The van der Waals surface area contributed by atoms with E-state index in [1.165, 1.54) is 6.42 Å². The van der Waals surface area contributed by atoms with E-state index in [1.54, 1.807) is 0 Å². The maximum Gasteiger partial charge on any atom is 0.159 e. The van der Waals surface area contributed by atoms with Gasteiger partial charge in [-0.2, -0.15) is 5.10 Å². The number of hydrogen-bond acceptors (Lipinski definition) is 2. The van der Waals surface area contributed by atoms with Crippen molar-refractivity contribution in [3.8, 4) is 0 Å². The SMILES string of the molecule is CC(C)CC(C)Cn1cc(Br)c(N)n1. The molecule has 0 spiro atoms. The second-order valence-corrected chi connectivity index (χ2v) is 5.17. The average molecular weight is 260 g/mol. The maximum absolute atomic E-state index is 5.64. The van der Waals surface area contributed by atoms with Crippen molar-refractivity contribution in [2.75, 3.05) is 5.73 Å². The number of halogens is 1. The van der Waals surface area contributed by atoms with E-state index in [0.717, 1.165) is 16.9 Å². The van der Waals surface area contributed by atoms with Crippen LogP contribution in [0.1, 0.15) is 27.2 Å². The molecule has 2 N–H and O–H groups in total. The number of rotatable bonds is 4. The van der Waals surface area contributed by atoms with Crippen molar-refractivity contribution < 1.29 is 0 Å². The second-order valence-electron chi connectivity index (χ2n) is 4.32. The minimum atomic E-state index is 0.571. The quantitative estimate of drug-likeness (QED) is 0.904. The van der Waals surface area contributed by atoms with Gasteiger partial charge >= 0.3 is 0 Å². The van der Waals surface area contributed by atoms with E-state index in [1.807, 2.05) is 10.9 Å². The molecule has 0 aliphatic heterocycles. The van der Waals surface area contributed by atoms with Gasteiger partial charge in [0.1, 0.15) is 0 Å². The summed E-state index contributed by atoms with van der Waals surface area (Å²) in [7, 11) is 0. The molecule has 0 amide bonds. The number of nitrogens with zero attached hydrogens (tertiary/aromatic N) is 2. The first-order chi connectivity index (χ1) is 6.49. The second kappa shape index (κ2) is 4.82. The Morgan fingerprint density at radius 3 is 2.57 bits per heavy atom. The molecule has 1 unspecified atom stereocenters. The smallest absolute Gasteiger partial charge is 0.159 e. The molecule has 14 heavy (non-hydrogen) atoms. The summed E-state index contributed by atoms with van der Waals surface area (Å²) < 4.78 is 2.79. The Labute approximate surface area is 93.8 Å². The van der Waals surface area contributed by atoms with Crippen molar-refractivity contribution in [1.29, 1.82) is 0 Å². The molecule has 3 nitrogen and oxygen atoms in total. The molecular formula is C10H18BrN3. The zero-order chi connectivity index (χ0) is 10.7. The number of aromatic nitrogens is 2. The van der Waals surface area contributed by atoms with E-state index < -0.39 is 0 Å². The molecule has 1 aromatic heterocycles. The van der Waals surface area contributed by atoms with Crippen molar-refractivity contribution in [1.82, 2.24) is 9.78 Å². The third-order valence-electron chi connectivity index (χ3n) is 2.12. The van der Waals surface area contributed by atoms with Crippen LogP contribution in [0.3, 0.4) is 0 Å². The van der Waals surface area contributed by atoms with E-state index in [2.05, 4.69) is 41.8 Å². The van der Waals surface area contributed by atoms with Gasteiger partial charge in [0.2, 0.25) is 0 Å². The van der Waals surface area contributed by atoms with Crippen LogP contribution in [0.15, 0.2) is 10.7 Å². The Balaban J connectivity index is 2.51. The molecule has 0 fully saturated rings. The van der Waals surface area contributed by atoms with Crippen LogP contribution in [-0.4, -0.2) is 9.78 Å². The van der Waals surface area contributed by atoms with Gasteiger partial charge in [-0.15, -0.1) is 0 Å². The van der Waals surface area contributed by atoms with Crippen molar-refractivity contribution in [3.05, 3.63) is 10.7 Å². The van der Waals surface area contributed by atoms with Crippen molar-refractivity contribution in [3.63, 3.8) is 0 Å². The molecule has 80 valence electrons. The van der Waals surface area contributed by atoms with Crippen molar-refractivity contribution in [2.45, 2.75) is 33.7 Å². The number of nitrogens with two attached hydrogens (primary N) is 1. The fourth-order valence-electron chi connectivity index (χ4n) is 1.70. The minimum Gasteiger partial charge on any atom is -0.381 e. The number of hydrogen-bond donors (Lipinski definition) is 1. The van der Waals surface area contributed by atoms with Crippen molar-refractivity contribution >= 4 is 21.7 Å². The Hall–Kier alpha value is -0.510. The van der Waals surface area contributed by atoms with Crippen LogP contribution in [0.25, 0.3) is 0 Å². The topological polar surface area (TPSA) is 43.8 Å². The first-order valence-corrected chi connectivity index (χ1v) is 5.76. The summed E-state index contributed by atoms with van der Waals surface area (Å²) in [6, 6.07) is 0. The van der Waals surface area contributed by atoms with Crippen LogP contribution in [-0.2, 0) is 6.54 Å². The summed E-state index contributed by atoms with van der Waals surface area (Å²) >= 11 is 3.35. The lowest BCUT2D eigenvalue weighted by Crippen LogP contribution is -2.10. The largest absolute Gasteiger partial charge is 0.381 e. The zero-order valence-corrected chi connectivity index (χ0v) is 10.6. The van der Waals surface area contributed by atoms with Crippen LogP contribution in [0.2, 0.25) is 0 Å². The summed E-state index contributed by atoms with van der Waals surface area (Å²) in [6.45, 7) is 7.66. The standard InChI is InChI=1S/C10H18BrN3/c1-7(2)4-8(3)5-14-6-9(11)10(12)13-14/h6-8H,4-5H2,1-3H3,(H2,12,13). The average Bonchev–Trinajstić information content (AvgIpc) is 2.28. The van der Waals surface area contributed by atoms with Crippen LogP contribution in [0.4, 0.5) is 5.82 Å². The summed E-state index contributed by atoms with van der Waals surface area (Å²) in [5, 5.41) is 4.21. The van der Waals surface area contributed by atoms with Gasteiger partial charge in [0.15, 0.2) is 5.82 Å². The van der Waals surface area contributed by atoms with E-state index in [-0.39, 0.29) is 0 Å². The van der Waals surface area contributed by atoms with Gasteiger partial charge in [-0.1, -0.05) is 20.8 Å². The molecule has 1 rings (SSSR count). The lowest BCUT2D eigenvalue weighted by atomic mass is 9.99. The summed E-state index contributed by atoms with van der Waals surface area (Å²) in [5.74, 6) is 1.95. The van der Waals surface area contributed by atoms with Crippen LogP contribution in [0.5, 0.6) is 0 Å².